The second kappa shape index (κ2) is 5.40. The standard InChI is InChI=1S/C14H21N3O/c1-10-3-4-11(15)9-13(10)14(18)16-12-5-7-17(2)8-6-12/h3-4,9,12H,5-8,15H2,1-2H3,(H,16,18). The van der Waals surface area contributed by atoms with E-state index in [2.05, 4.69) is 17.3 Å². The highest BCUT2D eigenvalue weighted by atomic mass is 16.1. The summed E-state index contributed by atoms with van der Waals surface area (Å²) in [7, 11) is 2.11. The summed E-state index contributed by atoms with van der Waals surface area (Å²) in [5, 5.41) is 3.10. The number of amides is 1. The minimum atomic E-state index is -0.00523. The highest BCUT2D eigenvalue weighted by Crippen LogP contribution is 2.14. The first-order valence-corrected chi connectivity index (χ1v) is 6.42. The largest absolute Gasteiger partial charge is 0.399 e. The first-order chi connectivity index (χ1) is 8.56. The molecule has 3 N–H and O–H groups in total. The number of hydrogen-bond acceptors (Lipinski definition) is 3. The zero-order valence-electron chi connectivity index (χ0n) is 11.1. The summed E-state index contributed by atoms with van der Waals surface area (Å²) in [4.78, 5) is 14.5. The van der Waals surface area contributed by atoms with Gasteiger partial charge in [0.05, 0.1) is 0 Å². The molecule has 1 aliphatic rings. The molecular formula is C14H21N3O. The summed E-state index contributed by atoms with van der Waals surface area (Å²) in [6.45, 7) is 4.02. The third-order valence-electron chi connectivity index (χ3n) is 3.56. The van der Waals surface area contributed by atoms with Crippen molar-refractivity contribution in [1.29, 1.82) is 0 Å². The number of nitrogen functional groups attached to an aromatic ring is 1. The fraction of sp³-hybridized carbons (Fsp3) is 0.500. The van der Waals surface area contributed by atoms with E-state index in [0.717, 1.165) is 31.5 Å². The topological polar surface area (TPSA) is 58.4 Å². The van der Waals surface area contributed by atoms with E-state index in [9.17, 15) is 4.79 Å². The predicted molar refractivity (Wildman–Crippen MR) is 73.6 cm³/mol. The highest BCUT2D eigenvalue weighted by molar-refractivity contribution is 5.96. The number of carbonyl (C=O) groups is 1. The highest BCUT2D eigenvalue weighted by Gasteiger charge is 2.19. The maximum atomic E-state index is 12.2. The van der Waals surface area contributed by atoms with Gasteiger partial charge in [-0.25, -0.2) is 0 Å². The average Bonchev–Trinajstić information content (AvgIpc) is 2.35. The quantitative estimate of drug-likeness (QED) is 0.777. The van der Waals surface area contributed by atoms with Gasteiger partial charge in [0.15, 0.2) is 0 Å². The Bertz CT molecular complexity index is 437. The van der Waals surface area contributed by atoms with Crippen molar-refractivity contribution in [2.45, 2.75) is 25.8 Å². The van der Waals surface area contributed by atoms with E-state index in [-0.39, 0.29) is 11.9 Å². The van der Waals surface area contributed by atoms with Crippen molar-refractivity contribution >= 4 is 11.6 Å². The van der Waals surface area contributed by atoms with Crippen LogP contribution in [0.25, 0.3) is 0 Å². The van der Waals surface area contributed by atoms with Gasteiger partial charge in [-0.15, -0.1) is 0 Å². The first kappa shape index (κ1) is 12.9. The lowest BCUT2D eigenvalue weighted by Gasteiger charge is -2.29. The van der Waals surface area contributed by atoms with Crippen LogP contribution in [0.5, 0.6) is 0 Å². The van der Waals surface area contributed by atoms with Crippen LogP contribution in [0.4, 0.5) is 5.69 Å². The van der Waals surface area contributed by atoms with Crippen LogP contribution in [-0.2, 0) is 0 Å². The number of nitrogens with zero attached hydrogens (tertiary/aromatic N) is 1. The third kappa shape index (κ3) is 3.01. The van der Waals surface area contributed by atoms with Crippen LogP contribution in [0.15, 0.2) is 18.2 Å². The molecule has 0 atom stereocenters. The van der Waals surface area contributed by atoms with E-state index in [0.29, 0.717) is 11.3 Å². The number of benzene rings is 1. The van der Waals surface area contributed by atoms with Crippen LogP contribution in [-0.4, -0.2) is 37.0 Å². The summed E-state index contributed by atoms with van der Waals surface area (Å²) < 4.78 is 0. The van der Waals surface area contributed by atoms with Crippen molar-refractivity contribution in [1.82, 2.24) is 10.2 Å². The molecule has 0 unspecified atom stereocenters. The van der Waals surface area contributed by atoms with Crippen molar-refractivity contribution in [2.24, 2.45) is 0 Å². The number of aryl methyl sites for hydroxylation is 1. The van der Waals surface area contributed by atoms with Crippen molar-refractivity contribution in [3.05, 3.63) is 29.3 Å². The molecule has 1 heterocycles. The fourth-order valence-corrected chi connectivity index (χ4v) is 2.30. The van der Waals surface area contributed by atoms with Crippen LogP contribution in [0.3, 0.4) is 0 Å². The van der Waals surface area contributed by atoms with Gasteiger partial charge in [0, 0.05) is 17.3 Å². The Labute approximate surface area is 108 Å². The van der Waals surface area contributed by atoms with E-state index in [1.807, 2.05) is 19.1 Å². The zero-order chi connectivity index (χ0) is 13.1. The number of piperidine rings is 1. The van der Waals surface area contributed by atoms with E-state index in [4.69, 9.17) is 5.73 Å². The van der Waals surface area contributed by atoms with Crippen LogP contribution in [0, 0.1) is 6.92 Å². The summed E-state index contributed by atoms with van der Waals surface area (Å²) in [5.41, 5.74) is 8.02. The molecule has 1 fully saturated rings. The van der Waals surface area contributed by atoms with Gasteiger partial charge in [-0.2, -0.15) is 0 Å². The zero-order valence-corrected chi connectivity index (χ0v) is 11.1. The van der Waals surface area contributed by atoms with Gasteiger partial charge in [-0.3, -0.25) is 4.79 Å². The molecule has 1 saturated heterocycles. The molecule has 0 bridgehead atoms. The third-order valence-corrected chi connectivity index (χ3v) is 3.56. The van der Waals surface area contributed by atoms with Gasteiger partial charge in [0.25, 0.3) is 5.91 Å². The molecule has 1 aromatic rings. The van der Waals surface area contributed by atoms with Gasteiger partial charge in [0.1, 0.15) is 0 Å². The molecule has 18 heavy (non-hydrogen) atoms. The second-order valence-corrected chi connectivity index (χ2v) is 5.13. The first-order valence-electron chi connectivity index (χ1n) is 6.42. The minimum Gasteiger partial charge on any atom is -0.399 e. The normalized spacial score (nSPS) is 17.7. The predicted octanol–water partition coefficient (Wildman–Crippen LogP) is 1.40. The molecule has 1 amide bonds. The molecule has 0 aliphatic carbocycles. The van der Waals surface area contributed by atoms with Gasteiger partial charge in [0.2, 0.25) is 0 Å². The summed E-state index contributed by atoms with van der Waals surface area (Å²) in [5.74, 6) is -0.00523. The number of carbonyl (C=O) groups excluding carboxylic acids is 1. The van der Waals surface area contributed by atoms with Crippen molar-refractivity contribution in [3.8, 4) is 0 Å². The summed E-state index contributed by atoms with van der Waals surface area (Å²) in [6.07, 6.45) is 2.03. The Balaban J connectivity index is 2.01. The smallest absolute Gasteiger partial charge is 0.251 e. The number of nitrogens with one attached hydrogen (secondary N) is 1. The second-order valence-electron chi connectivity index (χ2n) is 5.13. The van der Waals surface area contributed by atoms with E-state index >= 15 is 0 Å². The van der Waals surface area contributed by atoms with Crippen molar-refractivity contribution in [3.63, 3.8) is 0 Å². The molecule has 1 aliphatic heterocycles. The lowest BCUT2D eigenvalue weighted by molar-refractivity contribution is 0.0916. The maximum Gasteiger partial charge on any atom is 0.251 e. The molecule has 0 aromatic heterocycles. The lowest BCUT2D eigenvalue weighted by Crippen LogP contribution is -2.43. The summed E-state index contributed by atoms with van der Waals surface area (Å²) in [6, 6.07) is 5.75. The van der Waals surface area contributed by atoms with Crippen LogP contribution in [0.2, 0.25) is 0 Å². The Morgan fingerprint density at radius 3 is 2.72 bits per heavy atom. The Morgan fingerprint density at radius 2 is 2.06 bits per heavy atom. The molecule has 1 aromatic carbocycles. The average molecular weight is 247 g/mol. The lowest BCUT2D eigenvalue weighted by atomic mass is 10.0. The van der Waals surface area contributed by atoms with E-state index < -0.39 is 0 Å². The van der Waals surface area contributed by atoms with E-state index in [1.54, 1.807) is 6.07 Å². The molecule has 0 saturated carbocycles. The molecule has 4 nitrogen and oxygen atoms in total. The molecule has 0 spiro atoms. The fourth-order valence-electron chi connectivity index (χ4n) is 2.30. The van der Waals surface area contributed by atoms with Gasteiger partial charge in [-0.05, 0) is 57.6 Å². The maximum absolute atomic E-state index is 12.2. The number of nitrogens with two attached hydrogens (primary N) is 1. The molecular weight excluding hydrogens is 226 g/mol. The monoisotopic (exact) mass is 247 g/mol. The molecule has 98 valence electrons. The van der Waals surface area contributed by atoms with Crippen molar-refractivity contribution in [2.75, 3.05) is 25.9 Å². The van der Waals surface area contributed by atoms with Crippen LogP contribution in [0.1, 0.15) is 28.8 Å². The number of hydrogen-bond donors (Lipinski definition) is 2. The summed E-state index contributed by atoms with van der Waals surface area (Å²) >= 11 is 0. The number of likely N-dealkylation sites (tertiary alicyclic amines) is 1. The SMILES string of the molecule is Cc1ccc(N)cc1C(=O)NC1CCN(C)CC1. The van der Waals surface area contributed by atoms with Crippen LogP contribution >= 0.6 is 0 Å². The number of anilines is 1. The number of rotatable bonds is 2. The Morgan fingerprint density at radius 1 is 1.39 bits per heavy atom. The van der Waals surface area contributed by atoms with Crippen LogP contribution < -0.4 is 11.1 Å². The Hall–Kier alpha value is -1.55. The van der Waals surface area contributed by atoms with E-state index in [1.165, 1.54) is 0 Å². The molecule has 4 heteroatoms. The van der Waals surface area contributed by atoms with Gasteiger partial charge >= 0.3 is 0 Å². The minimum absolute atomic E-state index is 0.00523. The Kier molecular flexibility index (Phi) is 3.87. The van der Waals surface area contributed by atoms with Gasteiger partial charge in [-0.1, -0.05) is 6.07 Å². The molecule has 2 rings (SSSR count). The van der Waals surface area contributed by atoms with Crippen molar-refractivity contribution < 1.29 is 4.79 Å². The van der Waals surface area contributed by atoms with Gasteiger partial charge < -0.3 is 16.0 Å². The molecule has 0 radical (unpaired) electrons.